The summed E-state index contributed by atoms with van der Waals surface area (Å²) in [5.41, 5.74) is -0.708. The highest BCUT2D eigenvalue weighted by Crippen LogP contribution is 2.29. The predicted molar refractivity (Wildman–Crippen MR) is 59.9 cm³/mol. The quantitative estimate of drug-likeness (QED) is 0.665. The van der Waals surface area contributed by atoms with Crippen LogP contribution in [0.25, 0.3) is 0 Å². The van der Waals surface area contributed by atoms with Crippen molar-refractivity contribution in [1.82, 2.24) is 15.5 Å². The Morgan fingerprint density at radius 3 is 2.75 bits per heavy atom. The number of nitrogens with zero attached hydrogens (tertiary/aromatic N) is 1. The summed E-state index contributed by atoms with van der Waals surface area (Å²) in [5.74, 6) is 0.128. The number of nitrogens with one attached hydrogen (secondary N) is 2. The van der Waals surface area contributed by atoms with Crippen molar-refractivity contribution in [3.63, 3.8) is 0 Å². The van der Waals surface area contributed by atoms with Gasteiger partial charge >= 0.3 is 6.03 Å². The van der Waals surface area contributed by atoms with Gasteiger partial charge in [-0.25, -0.2) is 4.79 Å². The molecule has 16 heavy (non-hydrogen) atoms. The molecule has 0 spiro atoms. The second-order valence-electron chi connectivity index (χ2n) is 4.73. The Bertz CT molecular complexity index is 312. The van der Waals surface area contributed by atoms with E-state index in [9.17, 15) is 9.59 Å². The number of hydrogen-bond acceptors (Lipinski definition) is 3. The summed E-state index contributed by atoms with van der Waals surface area (Å²) < 4.78 is 0. The summed E-state index contributed by atoms with van der Waals surface area (Å²) in [6.45, 7) is 5.93. The molecule has 2 atom stereocenters. The summed E-state index contributed by atoms with van der Waals surface area (Å²) in [7, 11) is 0. The monoisotopic (exact) mass is 225 g/mol. The van der Waals surface area contributed by atoms with Crippen LogP contribution in [0.4, 0.5) is 4.79 Å². The topological polar surface area (TPSA) is 61.4 Å². The lowest BCUT2D eigenvalue weighted by Gasteiger charge is -2.34. The number of amides is 3. The van der Waals surface area contributed by atoms with Crippen molar-refractivity contribution < 1.29 is 9.59 Å². The summed E-state index contributed by atoms with van der Waals surface area (Å²) in [6, 6.07) is -0.249. The molecule has 2 rings (SSSR count). The number of urea groups is 1. The minimum atomic E-state index is -0.708. The van der Waals surface area contributed by atoms with Crippen molar-refractivity contribution in [2.75, 3.05) is 19.6 Å². The first-order valence-electron chi connectivity index (χ1n) is 5.94. The van der Waals surface area contributed by atoms with Gasteiger partial charge in [0.25, 0.3) is 5.91 Å². The van der Waals surface area contributed by atoms with Crippen molar-refractivity contribution in [1.29, 1.82) is 0 Å². The van der Waals surface area contributed by atoms with Gasteiger partial charge in [0.1, 0.15) is 5.54 Å². The largest absolute Gasteiger partial charge is 0.325 e. The smallest absolute Gasteiger partial charge is 0.323 e. The van der Waals surface area contributed by atoms with Crippen LogP contribution in [0.5, 0.6) is 0 Å². The fourth-order valence-corrected chi connectivity index (χ4v) is 2.62. The van der Waals surface area contributed by atoms with Crippen molar-refractivity contribution in [2.45, 2.75) is 32.2 Å². The predicted octanol–water partition coefficient (Wildman–Crippen LogP) is 0.316. The highest BCUT2D eigenvalue weighted by atomic mass is 16.2. The maximum Gasteiger partial charge on any atom is 0.325 e. The Labute approximate surface area is 95.6 Å². The van der Waals surface area contributed by atoms with Crippen molar-refractivity contribution >= 4 is 11.9 Å². The van der Waals surface area contributed by atoms with Crippen molar-refractivity contribution in [3.05, 3.63) is 0 Å². The lowest BCUT2D eigenvalue weighted by molar-refractivity contribution is -0.132. The Hall–Kier alpha value is -1.10. The molecule has 3 amide bonds. The van der Waals surface area contributed by atoms with Gasteiger partial charge in [0, 0.05) is 19.0 Å². The fraction of sp³-hybridized carbons (Fsp3) is 0.818. The van der Waals surface area contributed by atoms with Gasteiger partial charge in [0.15, 0.2) is 0 Å². The maximum absolute atomic E-state index is 12.2. The highest BCUT2D eigenvalue weighted by Gasteiger charge is 2.51. The molecule has 0 radical (unpaired) electrons. The number of likely N-dealkylation sites (N-methyl/N-ethyl adjacent to an activating group) is 1. The minimum Gasteiger partial charge on any atom is -0.323 e. The van der Waals surface area contributed by atoms with E-state index in [1.165, 1.54) is 4.90 Å². The van der Waals surface area contributed by atoms with Crippen LogP contribution >= 0.6 is 0 Å². The lowest BCUT2D eigenvalue weighted by atomic mass is 9.80. The third kappa shape index (κ3) is 1.59. The molecule has 2 saturated heterocycles. The standard InChI is InChI=1S/C11H19N3O2/c1-3-14-9(15)11(2,13-10(14)16)8-5-4-6-12-7-8/h8,12H,3-7H2,1-2H3,(H,13,16)/t8-,11-/m1/s1. The highest BCUT2D eigenvalue weighted by molar-refractivity contribution is 6.07. The number of carbonyl (C=O) groups excluding carboxylic acids is 2. The number of carbonyl (C=O) groups is 2. The molecule has 0 saturated carbocycles. The van der Waals surface area contributed by atoms with Crippen LogP contribution in [0.1, 0.15) is 26.7 Å². The van der Waals surface area contributed by atoms with E-state index in [0.29, 0.717) is 6.54 Å². The molecule has 0 bridgehead atoms. The average Bonchev–Trinajstić information content (AvgIpc) is 2.52. The van der Waals surface area contributed by atoms with E-state index in [4.69, 9.17) is 0 Å². The van der Waals surface area contributed by atoms with E-state index in [2.05, 4.69) is 10.6 Å². The normalized spacial score (nSPS) is 35.4. The first-order chi connectivity index (χ1) is 7.59. The molecule has 2 fully saturated rings. The van der Waals surface area contributed by atoms with E-state index in [-0.39, 0.29) is 17.9 Å². The van der Waals surface area contributed by atoms with Gasteiger partial charge < -0.3 is 10.6 Å². The molecular formula is C11H19N3O2. The number of imide groups is 1. The summed E-state index contributed by atoms with van der Waals surface area (Å²) >= 11 is 0. The second kappa shape index (κ2) is 4.05. The molecule has 0 aromatic carbocycles. The number of rotatable bonds is 2. The number of hydrogen-bond donors (Lipinski definition) is 2. The molecule has 2 heterocycles. The SMILES string of the molecule is CCN1C(=O)N[C@](C)([C@@H]2CCCNC2)C1=O. The minimum absolute atomic E-state index is 0.0753. The van der Waals surface area contributed by atoms with Gasteiger partial charge in [-0.15, -0.1) is 0 Å². The third-order valence-electron chi connectivity index (χ3n) is 3.73. The van der Waals surface area contributed by atoms with E-state index in [0.717, 1.165) is 25.9 Å². The van der Waals surface area contributed by atoms with E-state index < -0.39 is 5.54 Å². The second-order valence-corrected chi connectivity index (χ2v) is 4.73. The first kappa shape index (κ1) is 11.4. The molecular weight excluding hydrogens is 206 g/mol. The van der Waals surface area contributed by atoms with Gasteiger partial charge in [-0.2, -0.15) is 0 Å². The summed E-state index contributed by atoms with van der Waals surface area (Å²) in [5, 5.41) is 6.13. The van der Waals surface area contributed by atoms with Gasteiger partial charge in [-0.05, 0) is 33.2 Å². The Kier molecular flexibility index (Phi) is 2.88. The van der Waals surface area contributed by atoms with Crippen LogP contribution < -0.4 is 10.6 Å². The molecule has 90 valence electrons. The van der Waals surface area contributed by atoms with E-state index in [1.807, 2.05) is 13.8 Å². The molecule has 0 unspecified atom stereocenters. The lowest BCUT2D eigenvalue weighted by Crippen LogP contribution is -2.55. The van der Waals surface area contributed by atoms with Crippen LogP contribution in [-0.2, 0) is 4.79 Å². The molecule has 0 aromatic rings. The molecule has 5 heteroatoms. The van der Waals surface area contributed by atoms with Gasteiger partial charge in [-0.1, -0.05) is 0 Å². The molecule has 0 aromatic heterocycles. The fourth-order valence-electron chi connectivity index (χ4n) is 2.62. The molecule has 5 nitrogen and oxygen atoms in total. The Morgan fingerprint density at radius 1 is 1.50 bits per heavy atom. The van der Waals surface area contributed by atoms with Crippen molar-refractivity contribution in [3.8, 4) is 0 Å². The average molecular weight is 225 g/mol. The first-order valence-corrected chi connectivity index (χ1v) is 5.94. The van der Waals surface area contributed by atoms with Crippen LogP contribution in [0, 0.1) is 5.92 Å². The zero-order valence-electron chi connectivity index (χ0n) is 9.88. The van der Waals surface area contributed by atoms with Crippen LogP contribution in [-0.4, -0.2) is 42.0 Å². The van der Waals surface area contributed by atoms with Gasteiger partial charge in [0.05, 0.1) is 0 Å². The Morgan fingerprint density at radius 2 is 2.25 bits per heavy atom. The Balaban J connectivity index is 2.18. The zero-order chi connectivity index (χ0) is 11.8. The zero-order valence-corrected chi connectivity index (χ0v) is 9.88. The summed E-state index contributed by atoms with van der Waals surface area (Å²) in [6.07, 6.45) is 2.06. The summed E-state index contributed by atoms with van der Waals surface area (Å²) in [4.78, 5) is 25.1. The number of piperidine rings is 1. The van der Waals surface area contributed by atoms with Crippen LogP contribution in [0.15, 0.2) is 0 Å². The van der Waals surface area contributed by atoms with Gasteiger partial charge in [0.2, 0.25) is 0 Å². The molecule has 2 aliphatic rings. The maximum atomic E-state index is 12.2. The van der Waals surface area contributed by atoms with E-state index >= 15 is 0 Å². The van der Waals surface area contributed by atoms with Crippen LogP contribution in [0.3, 0.4) is 0 Å². The van der Waals surface area contributed by atoms with Gasteiger partial charge in [-0.3, -0.25) is 9.69 Å². The van der Waals surface area contributed by atoms with Crippen LogP contribution in [0.2, 0.25) is 0 Å². The molecule has 0 aliphatic carbocycles. The molecule has 2 aliphatic heterocycles. The third-order valence-corrected chi connectivity index (χ3v) is 3.73. The molecule has 2 N–H and O–H groups in total. The van der Waals surface area contributed by atoms with Crippen molar-refractivity contribution in [2.24, 2.45) is 5.92 Å². The van der Waals surface area contributed by atoms with E-state index in [1.54, 1.807) is 0 Å².